The number of anilines is 1. The van der Waals surface area contributed by atoms with Gasteiger partial charge in [-0.1, -0.05) is 24.3 Å². The second-order valence-electron chi connectivity index (χ2n) is 4.04. The number of rotatable bonds is 3. The lowest BCUT2D eigenvalue weighted by atomic mass is 9.80. The molecule has 0 radical (unpaired) electrons. The summed E-state index contributed by atoms with van der Waals surface area (Å²) < 4.78 is 32.9. The predicted molar refractivity (Wildman–Crippen MR) is 62.5 cm³/mol. The zero-order chi connectivity index (χ0) is 12.5. The van der Waals surface area contributed by atoms with E-state index in [1.807, 2.05) is 0 Å². The number of benzene rings is 1. The molecule has 0 amide bonds. The number of fused-ring (bicyclic) bond motifs is 1. The van der Waals surface area contributed by atoms with E-state index in [0.29, 0.717) is 11.3 Å². The lowest BCUT2D eigenvalue weighted by Gasteiger charge is -2.34. The second-order valence-corrected chi connectivity index (χ2v) is 5.44. The zero-order valence-electron chi connectivity index (χ0n) is 8.96. The van der Waals surface area contributed by atoms with E-state index < -0.39 is 27.9 Å². The fourth-order valence-corrected chi connectivity index (χ4v) is 3.02. The highest BCUT2D eigenvalue weighted by Gasteiger charge is 2.35. The van der Waals surface area contributed by atoms with Gasteiger partial charge >= 0.3 is 0 Å². The first kappa shape index (κ1) is 12.1. The van der Waals surface area contributed by atoms with Crippen molar-refractivity contribution < 1.29 is 18.1 Å². The minimum atomic E-state index is -4.43. The van der Waals surface area contributed by atoms with Gasteiger partial charge in [-0.2, -0.15) is 0 Å². The monoisotopic (exact) mass is 254 g/mol. The van der Waals surface area contributed by atoms with E-state index in [1.54, 1.807) is 30.5 Å². The van der Waals surface area contributed by atoms with E-state index in [9.17, 15) is 18.1 Å². The summed E-state index contributed by atoms with van der Waals surface area (Å²) >= 11 is 0. The van der Waals surface area contributed by atoms with Crippen LogP contribution in [0, 0.1) is 0 Å². The lowest BCUT2D eigenvalue weighted by Crippen LogP contribution is -2.38. The number of nitrogens with one attached hydrogen (secondary N) is 1. The van der Waals surface area contributed by atoms with E-state index in [-0.39, 0.29) is 0 Å². The lowest BCUT2D eigenvalue weighted by molar-refractivity contribution is 0.234. The van der Waals surface area contributed by atoms with E-state index >= 15 is 0 Å². The molecular formula is C11H12NO4S-. The third kappa shape index (κ3) is 2.33. The molecule has 1 aliphatic rings. The van der Waals surface area contributed by atoms with Crippen molar-refractivity contribution in [2.45, 2.75) is 5.41 Å². The van der Waals surface area contributed by atoms with Crippen molar-refractivity contribution in [3.63, 3.8) is 0 Å². The fraction of sp³-hybridized carbons (Fsp3) is 0.273. The Labute approximate surface area is 99.5 Å². The van der Waals surface area contributed by atoms with Crippen LogP contribution in [0.3, 0.4) is 0 Å². The molecule has 0 saturated heterocycles. The van der Waals surface area contributed by atoms with Gasteiger partial charge in [-0.25, -0.2) is 8.42 Å². The Morgan fingerprint density at radius 1 is 1.35 bits per heavy atom. The summed E-state index contributed by atoms with van der Waals surface area (Å²) in [5.74, 6) is -0.647. The molecule has 1 atom stereocenters. The van der Waals surface area contributed by atoms with Gasteiger partial charge in [-0.05, 0) is 17.8 Å². The molecule has 0 spiro atoms. The maximum atomic E-state index is 11.0. The fourth-order valence-electron chi connectivity index (χ4n) is 2.05. The van der Waals surface area contributed by atoms with Crippen LogP contribution in [-0.2, 0) is 15.5 Å². The molecule has 0 saturated carbocycles. The van der Waals surface area contributed by atoms with E-state index in [0.717, 1.165) is 0 Å². The quantitative estimate of drug-likeness (QED) is 0.762. The largest absolute Gasteiger partial charge is 0.748 e. The Morgan fingerprint density at radius 2 is 2.06 bits per heavy atom. The molecule has 1 aliphatic heterocycles. The molecule has 92 valence electrons. The van der Waals surface area contributed by atoms with Gasteiger partial charge in [0.15, 0.2) is 0 Å². The molecule has 1 heterocycles. The summed E-state index contributed by atoms with van der Waals surface area (Å²) in [6.45, 7) is -0.427. The number of para-hydroxylation sites is 1. The Bertz CT molecular complexity index is 552. The molecule has 0 fully saturated rings. The summed E-state index contributed by atoms with van der Waals surface area (Å²) in [5, 5.41) is 12.4. The highest BCUT2D eigenvalue weighted by molar-refractivity contribution is 7.85. The Kier molecular flexibility index (Phi) is 2.94. The minimum Gasteiger partial charge on any atom is -0.748 e. The molecule has 5 nitrogen and oxygen atoms in total. The molecule has 6 heteroatoms. The van der Waals surface area contributed by atoms with Crippen LogP contribution in [0.25, 0.3) is 0 Å². The first-order valence-corrected chi connectivity index (χ1v) is 6.63. The van der Waals surface area contributed by atoms with Crippen molar-refractivity contribution >= 4 is 15.8 Å². The summed E-state index contributed by atoms with van der Waals surface area (Å²) in [7, 11) is -4.43. The molecule has 0 bridgehead atoms. The highest BCUT2D eigenvalue weighted by atomic mass is 32.2. The number of hydrogen-bond donors (Lipinski definition) is 2. The van der Waals surface area contributed by atoms with Crippen LogP contribution in [0.15, 0.2) is 36.5 Å². The molecule has 1 aromatic rings. The number of aliphatic hydroxyl groups excluding tert-OH is 1. The van der Waals surface area contributed by atoms with Crippen LogP contribution in [-0.4, -0.2) is 30.4 Å². The first-order chi connectivity index (χ1) is 7.97. The van der Waals surface area contributed by atoms with Crippen LogP contribution in [0.1, 0.15) is 5.56 Å². The normalized spacial score (nSPS) is 22.9. The molecule has 17 heavy (non-hydrogen) atoms. The zero-order valence-corrected chi connectivity index (χ0v) is 9.78. The van der Waals surface area contributed by atoms with Crippen molar-refractivity contribution in [2.75, 3.05) is 17.7 Å². The molecule has 1 aromatic carbocycles. The number of hydrogen-bond acceptors (Lipinski definition) is 5. The molecule has 0 aromatic heterocycles. The van der Waals surface area contributed by atoms with Crippen LogP contribution in [0.4, 0.5) is 5.69 Å². The molecule has 1 unspecified atom stereocenters. The summed E-state index contributed by atoms with van der Waals surface area (Å²) in [6.07, 6.45) is 3.06. The van der Waals surface area contributed by atoms with Crippen molar-refractivity contribution in [2.24, 2.45) is 0 Å². The second kappa shape index (κ2) is 4.14. The average Bonchev–Trinajstić information content (AvgIpc) is 2.27. The van der Waals surface area contributed by atoms with Crippen LogP contribution in [0.5, 0.6) is 0 Å². The van der Waals surface area contributed by atoms with E-state index in [1.165, 1.54) is 6.08 Å². The Balaban J connectivity index is 2.54. The first-order valence-electron chi connectivity index (χ1n) is 5.05. The minimum absolute atomic E-state index is 0.427. The van der Waals surface area contributed by atoms with Crippen molar-refractivity contribution in [1.29, 1.82) is 0 Å². The highest BCUT2D eigenvalue weighted by Crippen LogP contribution is 2.35. The third-order valence-corrected chi connectivity index (χ3v) is 3.69. The topological polar surface area (TPSA) is 89.5 Å². The molecular weight excluding hydrogens is 242 g/mol. The van der Waals surface area contributed by atoms with Crippen molar-refractivity contribution in [3.8, 4) is 0 Å². The van der Waals surface area contributed by atoms with Gasteiger partial charge in [0.05, 0.1) is 27.9 Å². The van der Waals surface area contributed by atoms with Crippen molar-refractivity contribution in [1.82, 2.24) is 0 Å². The van der Waals surface area contributed by atoms with Crippen LogP contribution >= 0.6 is 0 Å². The van der Waals surface area contributed by atoms with Crippen molar-refractivity contribution in [3.05, 3.63) is 42.1 Å². The smallest absolute Gasteiger partial charge is 0.0958 e. The number of aliphatic hydroxyl groups is 1. The van der Waals surface area contributed by atoms with Gasteiger partial charge in [0.2, 0.25) is 0 Å². The third-order valence-electron chi connectivity index (χ3n) is 2.82. The summed E-state index contributed by atoms with van der Waals surface area (Å²) in [6, 6.07) is 6.99. The summed E-state index contributed by atoms with van der Waals surface area (Å²) in [5.41, 5.74) is 0.166. The average molecular weight is 254 g/mol. The maximum absolute atomic E-state index is 11.0. The Hall–Kier alpha value is -1.37. The van der Waals surface area contributed by atoms with E-state index in [2.05, 4.69) is 5.32 Å². The maximum Gasteiger partial charge on any atom is 0.0958 e. The van der Waals surface area contributed by atoms with Gasteiger partial charge in [0.1, 0.15) is 0 Å². The van der Waals surface area contributed by atoms with Gasteiger partial charge in [0.25, 0.3) is 0 Å². The molecule has 2 rings (SSSR count). The summed E-state index contributed by atoms with van der Waals surface area (Å²) in [4.78, 5) is 0. The Morgan fingerprint density at radius 3 is 2.71 bits per heavy atom. The molecule has 2 N–H and O–H groups in total. The molecule has 0 aliphatic carbocycles. The SMILES string of the molecule is O=S(=O)([O-])CC1(CO)C=CNc2ccccc21. The van der Waals surface area contributed by atoms with Gasteiger partial charge in [-0.15, -0.1) is 0 Å². The van der Waals surface area contributed by atoms with Crippen LogP contribution < -0.4 is 5.32 Å². The van der Waals surface area contributed by atoms with Gasteiger partial charge in [-0.3, -0.25) is 0 Å². The predicted octanol–water partition coefficient (Wildman–Crippen LogP) is 0.401. The van der Waals surface area contributed by atoms with Crippen LogP contribution in [0.2, 0.25) is 0 Å². The van der Waals surface area contributed by atoms with Gasteiger partial charge < -0.3 is 15.0 Å². The van der Waals surface area contributed by atoms with Gasteiger partial charge in [0, 0.05) is 5.69 Å². The standard InChI is InChI=1S/C11H13NO4S/c13-7-11(8-17(14,15)16)5-6-12-10-4-2-1-3-9(10)11/h1-6,12-13H,7-8H2,(H,14,15,16)/p-1. The van der Waals surface area contributed by atoms with E-state index in [4.69, 9.17) is 0 Å².